The molecule has 3 atom stereocenters. The van der Waals surface area contributed by atoms with Crippen LogP contribution < -0.4 is 5.32 Å². The first kappa shape index (κ1) is 13.2. The molecule has 0 bridgehead atoms. The fraction of sp³-hybridized carbons (Fsp3) is 0.333. The number of anilines is 1. The summed E-state index contributed by atoms with van der Waals surface area (Å²) in [6.45, 7) is 2.98. The number of aryl methyl sites for hydroxylation is 1. The zero-order valence-corrected chi connectivity index (χ0v) is 12.7. The van der Waals surface area contributed by atoms with Crippen molar-refractivity contribution < 1.29 is 4.74 Å². The van der Waals surface area contributed by atoms with Gasteiger partial charge >= 0.3 is 0 Å². The van der Waals surface area contributed by atoms with Gasteiger partial charge in [0.05, 0.1) is 12.1 Å². The molecule has 2 nitrogen and oxygen atoms in total. The Labute approximate surface area is 130 Å². The SMILES string of the molecule is Cc1ccc2c(c1)C1OCCC1[C@@H](c1ccc(Cl)cc1)N2. The molecule has 4 rings (SSSR count). The molecule has 1 fully saturated rings. The lowest BCUT2D eigenvalue weighted by molar-refractivity contribution is 0.0829. The van der Waals surface area contributed by atoms with Crippen LogP contribution in [0.4, 0.5) is 5.69 Å². The highest BCUT2D eigenvalue weighted by Gasteiger charge is 2.41. The van der Waals surface area contributed by atoms with Gasteiger partial charge in [0.25, 0.3) is 0 Å². The summed E-state index contributed by atoms with van der Waals surface area (Å²) >= 11 is 6.02. The molecule has 1 saturated heterocycles. The molecule has 0 amide bonds. The van der Waals surface area contributed by atoms with Crippen molar-refractivity contribution in [2.75, 3.05) is 11.9 Å². The second kappa shape index (κ2) is 5.04. The number of hydrogen-bond donors (Lipinski definition) is 1. The van der Waals surface area contributed by atoms with Crippen LogP contribution in [0.5, 0.6) is 0 Å². The lowest BCUT2D eigenvalue weighted by Crippen LogP contribution is -2.29. The van der Waals surface area contributed by atoms with Crippen LogP contribution in [0.1, 0.15) is 35.3 Å². The average molecular weight is 300 g/mol. The summed E-state index contributed by atoms with van der Waals surface area (Å²) in [7, 11) is 0. The van der Waals surface area contributed by atoms with Gasteiger partial charge in [-0.2, -0.15) is 0 Å². The Bertz CT molecular complexity index is 667. The molecule has 2 unspecified atom stereocenters. The zero-order chi connectivity index (χ0) is 14.4. The fourth-order valence-electron chi connectivity index (χ4n) is 3.59. The predicted octanol–water partition coefficient (Wildman–Crippen LogP) is 4.89. The van der Waals surface area contributed by atoms with Crippen LogP contribution >= 0.6 is 11.6 Å². The smallest absolute Gasteiger partial charge is 0.0896 e. The van der Waals surface area contributed by atoms with Crippen LogP contribution in [0, 0.1) is 12.8 Å². The minimum absolute atomic E-state index is 0.210. The third-order valence-corrected chi connectivity index (χ3v) is 4.87. The number of rotatable bonds is 1. The van der Waals surface area contributed by atoms with E-state index in [4.69, 9.17) is 16.3 Å². The predicted molar refractivity (Wildman–Crippen MR) is 85.8 cm³/mol. The van der Waals surface area contributed by atoms with Crippen molar-refractivity contribution in [3.63, 3.8) is 0 Å². The van der Waals surface area contributed by atoms with Crippen molar-refractivity contribution in [1.29, 1.82) is 0 Å². The lowest BCUT2D eigenvalue weighted by Gasteiger charge is -2.36. The van der Waals surface area contributed by atoms with Crippen molar-refractivity contribution in [3.05, 3.63) is 64.2 Å². The first-order valence-corrected chi connectivity index (χ1v) is 7.84. The Morgan fingerprint density at radius 1 is 1.14 bits per heavy atom. The van der Waals surface area contributed by atoms with Gasteiger partial charge in [0, 0.05) is 28.8 Å². The third-order valence-electron chi connectivity index (χ3n) is 4.62. The van der Waals surface area contributed by atoms with Crippen LogP contribution in [0.2, 0.25) is 5.02 Å². The van der Waals surface area contributed by atoms with Gasteiger partial charge in [-0.15, -0.1) is 0 Å². The minimum atomic E-state index is 0.210. The van der Waals surface area contributed by atoms with Gasteiger partial charge in [-0.3, -0.25) is 0 Å². The van der Waals surface area contributed by atoms with E-state index in [9.17, 15) is 0 Å². The van der Waals surface area contributed by atoms with Crippen molar-refractivity contribution in [2.45, 2.75) is 25.5 Å². The standard InChI is InChI=1S/C18H18ClNO/c1-11-2-7-16-15(10-11)18-14(8-9-21-18)17(20-16)12-3-5-13(19)6-4-12/h2-7,10,14,17-18,20H,8-9H2,1H3/t14?,17-,18?/m1/s1. The number of hydrogen-bond acceptors (Lipinski definition) is 2. The number of ether oxygens (including phenoxy) is 1. The Morgan fingerprint density at radius 2 is 1.95 bits per heavy atom. The second-order valence-electron chi connectivity index (χ2n) is 6.01. The van der Waals surface area contributed by atoms with E-state index in [1.54, 1.807) is 0 Å². The zero-order valence-electron chi connectivity index (χ0n) is 12.0. The minimum Gasteiger partial charge on any atom is -0.378 e. The van der Waals surface area contributed by atoms with E-state index in [1.807, 2.05) is 12.1 Å². The highest BCUT2D eigenvalue weighted by molar-refractivity contribution is 6.30. The molecular weight excluding hydrogens is 282 g/mol. The molecule has 3 heteroatoms. The molecule has 0 radical (unpaired) electrons. The number of nitrogens with one attached hydrogen (secondary N) is 1. The molecule has 0 aromatic heterocycles. The van der Waals surface area contributed by atoms with Crippen LogP contribution in [0.15, 0.2) is 42.5 Å². The maximum atomic E-state index is 6.05. The third kappa shape index (κ3) is 2.23. The Morgan fingerprint density at radius 3 is 2.76 bits per heavy atom. The lowest BCUT2D eigenvalue weighted by atomic mass is 9.80. The van der Waals surface area contributed by atoms with Gasteiger partial charge < -0.3 is 10.1 Å². The van der Waals surface area contributed by atoms with Gasteiger partial charge in [0.15, 0.2) is 0 Å². The van der Waals surface area contributed by atoms with Crippen LogP contribution in [-0.2, 0) is 4.74 Å². The van der Waals surface area contributed by atoms with E-state index >= 15 is 0 Å². The summed E-state index contributed by atoms with van der Waals surface area (Å²) in [6.07, 6.45) is 1.31. The Kier molecular flexibility index (Phi) is 3.16. The summed E-state index contributed by atoms with van der Waals surface area (Å²) in [4.78, 5) is 0. The largest absolute Gasteiger partial charge is 0.378 e. The average Bonchev–Trinajstić information content (AvgIpc) is 2.97. The molecule has 1 N–H and O–H groups in total. The van der Waals surface area contributed by atoms with Crippen molar-refractivity contribution in [3.8, 4) is 0 Å². The summed E-state index contributed by atoms with van der Waals surface area (Å²) in [5, 5.41) is 4.49. The number of benzene rings is 2. The maximum Gasteiger partial charge on any atom is 0.0896 e. The van der Waals surface area contributed by atoms with Crippen molar-refractivity contribution in [1.82, 2.24) is 0 Å². The van der Waals surface area contributed by atoms with Crippen LogP contribution in [0.3, 0.4) is 0 Å². The normalized spacial score (nSPS) is 26.9. The summed E-state index contributed by atoms with van der Waals surface area (Å²) in [5.41, 5.74) is 5.08. The van der Waals surface area contributed by atoms with Gasteiger partial charge in [-0.25, -0.2) is 0 Å². The highest BCUT2D eigenvalue weighted by atomic mass is 35.5. The van der Waals surface area contributed by atoms with E-state index in [0.29, 0.717) is 12.0 Å². The van der Waals surface area contributed by atoms with E-state index in [-0.39, 0.29) is 6.10 Å². The first-order chi connectivity index (χ1) is 10.2. The molecule has 0 spiro atoms. The van der Waals surface area contributed by atoms with Crippen molar-refractivity contribution in [2.24, 2.45) is 5.92 Å². The highest BCUT2D eigenvalue weighted by Crippen LogP contribution is 2.49. The molecule has 108 valence electrons. The molecule has 0 saturated carbocycles. The van der Waals surface area contributed by atoms with Gasteiger partial charge in [-0.1, -0.05) is 41.4 Å². The molecule has 2 aromatic carbocycles. The quantitative estimate of drug-likeness (QED) is 0.809. The van der Waals surface area contributed by atoms with Crippen molar-refractivity contribution >= 4 is 17.3 Å². The second-order valence-corrected chi connectivity index (χ2v) is 6.44. The molecule has 2 aromatic rings. The fourth-order valence-corrected chi connectivity index (χ4v) is 3.72. The van der Waals surface area contributed by atoms with E-state index < -0.39 is 0 Å². The summed E-state index contributed by atoms with van der Waals surface area (Å²) < 4.78 is 6.05. The molecule has 0 aliphatic carbocycles. The van der Waals surface area contributed by atoms with Gasteiger partial charge in [-0.05, 0) is 37.1 Å². The van der Waals surface area contributed by atoms with E-state index in [1.165, 1.54) is 22.4 Å². The van der Waals surface area contributed by atoms with E-state index in [0.717, 1.165) is 18.1 Å². The molecular formula is C18H18ClNO. The Hall–Kier alpha value is -1.51. The van der Waals surface area contributed by atoms with Crippen LogP contribution in [-0.4, -0.2) is 6.61 Å². The molecule has 2 heterocycles. The molecule has 2 aliphatic heterocycles. The Balaban J connectivity index is 1.77. The van der Waals surface area contributed by atoms with Gasteiger partial charge in [0.2, 0.25) is 0 Å². The summed E-state index contributed by atoms with van der Waals surface area (Å²) in [5.74, 6) is 0.487. The number of fused-ring (bicyclic) bond motifs is 3. The number of halogens is 1. The first-order valence-electron chi connectivity index (χ1n) is 7.46. The summed E-state index contributed by atoms with van der Waals surface area (Å²) in [6, 6.07) is 15.0. The molecule has 21 heavy (non-hydrogen) atoms. The van der Waals surface area contributed by atoms with Gasteiger partial charge in [0.1, 0.15) is 0 Å². The maximum absolute atomic E-state index is 6.05. The topological polar surface area (TPSA) is 21.3 Å². The molecule has 2 aliphatic rings. The van der Waals surface area contributed by atoms with Crippen LogP contribution in [0.25, 0.3) is 0 Å². The monoisotopic (exact) mass is 299 g/mol. The van der Waals surface area contributed by atoms with E-state index in [2.05, 4.69) is 42.6 Å².